The van der Waals surface area contributed by atoms with Crippen LogP contribution in [0.4, 0.5) is 0 Å². The Morgan fingerprint density at radius 2 is 2.12 bits per heavy atom. The molecule has 3 rings (SSSR count). The summed E-state index contributed by atoms with van der Waals surface area (Å²) in [4.78, 5) is 2.62. The second-order valence-corrected chi connectivity index (χ2v) is 5.79. The first-order valence-electron chi connectivity index (χ1n) is 6.79. The highest BCUT2D eigenvalue weighted by molar-refractivity contribution is 5.16. The fourth-order valence-corrected chi connectivity index (χ4v) is 3.50. The van der Waals surface area contributed by atoms with Crippen LogP contribution in [-0.2, 0) is 6.54 Å². The number of likely N-dealkylation sites (tertiary alicyclic amines) is 1. The van der Waals surface area contributed by atoms with Gasteiger partial charge in [-0.1, -0.05) is 30.3 Å². The second kappa shape index (κ2) is 4.43. The molecule has 1 saturated carbocycles. The average Bonchev–Trinajstić information content (AvgIpc) is 2.83. The Bertz CT molecular complexity index is 376. The van der Waals surface area contributed by atoms with Crippen molar-refractivity contribution in [1.29, 1.82) is 0 Å². The molecule has 2 N–H and O–H groups in total. The number of hydrogen-bond acceptors (Lipinski definition) is 2. The van der Waals surface area contributed by atoms with Gasteiger partial charge in [0, 0.05) is 13.1 Å². The highest BCUT2D eigenvalue weighted by Gasteiger charge is 2.56. The second-order valence-electron chi connectivity index (χ2n) is 5.79. The molecule has 1 aliphatic carbocycles. The van der Waals surface area contributed by atoms with E-state index in [0.717, 1.165) is 19.0 Å². The quantitative estimate of drug-likeness (QED) is 0.859. The molecule has 1 aromatic rings. The van der Waals surface area contributed by atoms with Crippen molar-refractivity contribution in [3.8, 4) is 0 Å². The van der Waals surface area contributed by atoms with Crippen LogP contribution in [0.1, 0.15) is 24.8 Å². The van der Waals surface area contributed by atoms with E-state index in [0.29, 0.717) is 5.41 Å². The number of nitrogens with two attached hydrogens (primary N) is 1. The molecular weight excluding hydrogens is 208 g/mol. The zero-order valence-electron chi connectivity index (χ0n) is 10.4. The lowest BCUT2D eigenvalue weighted by Gasteiger charge is -2.16. The summed E-state index contributed by atoms with van der Waals surface area (Å²) in [6.07, 6.45) is 4.05. The number of rotatable bonds is 4. The number of hydrogen-bond donors (Lipinski definition) is 1. The third-order valence-corrected chi connectivity index (χ3v) is 4.59. The summed E-state index contributed by atoms with van der Waals surface area (Å²) in [5, 5.41) is 0. The Morgan fingerprint density at radius 3 is 2.88 bits per heavy atom. The lowest BCUT2D eigenvalue weighted by molar-refractivity contribution is 0.305. The van der Waals surface area contributed by atoms with Crippen LogP contribution in [0.15, 0.2) is 30.3 Å². The van der Waals surface area contributed by atoms with Crippen LogP contribution in [0.2, 0.25) is 0 Å². The van der Waals surface area contributed by atoms with Gasteiger partial charge in [-0.15, -0.1) is 0 Å². The molecule has 0 amide bonds. The van der Waals surface area contributed by atoms with E-state index in [1.165, 1.54) is 37.9 Å². The zero-order valence-corrected chi connectivity index (χ0v) is 10.4. The van der Waals surface area contributed by atoms with Crippen molar-refractivity contribution in [3.63, 3.8) is 0 Å². The predicted molar refractivity (Wildman–Crippen MR) is 70.5 cm³/mol. The van der Waals surface area contributed by atoms with Gasteiger partial charge in [0.15, 0.2) is 0 Å². The largest absolute Gasteiger partial charge is 0.330 e. The van der Waals surface area contributed by atoms with Gasteiger partial charge in [-0.05, 0) is 49.2 Å². The maximum absolute atomic E-state index is 5.66. The van der Waals surface area contributed by atoms with Crippen LogP contribution in [0, 0.1) is 11.3 Å². The normalized spacial score (nSPS) is 32.2. The van der Waals surface area contributed by atoms with E-state index in [1.807, 2.05) is 0 Å². The van der Waals surface area contributed by atoms with E-state index in [1.54, 1.807) is 0 Å². The summed E-state index contributed by atoms with van der Waals surface area (Å²) < 4.78 is 0. The van der Waals surface area contributed by atoms with E-state index < -0.39 is 0 Å². The monoisotopic (exact) mass is 230 g/mol. The summed E-state index contributed by atoms with van der Waals surface area (Å²) in [5.41, 5.74) is 7.77. The minimum absolute atomic E-state index is 0.661. The van der Waals surface area contributed by atoms with Gasteiger partial charge in [0.2, 0.25) is 0 Å². The van der Waals surface area contributed by atoms with Gasteiger partial charge in [-0.2, -0.15) is 0 Å². The molecule has 2 fully saturated rings. The van der Waals surface area contributed by atoms with Crippen molar-refractivity contribution in [3.05, 3.63) is 35.9 Å². The average molecular weight is 230 g/mol. The first-order chi connectivity index (χ1) is 8.32. The van der Waals surface area contributed by atoms with Gasteiger partial charge in [0.05, 0.1) is 0 Å². The van der Waals surface area contributed by atoms with Crippen LogP contribution in [-0.4, -0.2) is 24.5 Å². The molecule has 2 unspecified atom stereocenters. The van der Waals surface area contributed by atoms with Crippen molar-refractivity contribution in [2.75, 3.05) is 19.6 Å². The van der Waals surface area contributed by atoms with Gasteiger partial charge in [-0.3, -0.25) is 4.90 Å². The van der Waals surface area contributed by atoms with E-state index >= 15 is 0 Å². The molecule has 1 saturated heterocycles. The summed E-state index contributed by atoms with van der Waals surface area (Å²) in [6.45, 7) is 4.56. The third-order valence-electron chi connectivity index (χ3n) is 4.59. The maximum Gasteiger partial charge on any atom is 0.0233 e. The Hall–Kier alpha value is -0.860. The van der Waals surface area contributed by atoms with Crippen LogP contribution in [0.3, 0.4) is 0 Å². The molecule has 2 aliphatic rings. The van der Waals surface area contributed by atoms with Gasteiger partial charge in [0.1, 0.15) is 0 Å². The van der Waals surface area contributed by atoms with Crippen LogP contribution in [0.25, 0.3) is 0 Å². The van der Waals surface area contributed by atoms with E-state index in [9.17, 15) is 0 Å². The molecular formula is C15H22N2. The van der Waals surface area contributed by atoms with Gasteiger partial charge in [-0.25, -0.2) is 0 Å². The standard InChI is InChI=1S/C15H22N2/c16-8-6-14-10-15(14)7-9-17(12-15)11-13-4-2-1-3-5-13/h1-5,14H,6-12,16H2. The summed E-state index contributed by atoms with van der Waals surface area (Å²) in [7, 11) is 0. The van der Waals surface area contributed by atoms with Crippen molar-refractivity contribution in [2.24, 2.45) is 17.1 Å². The van der Waals surface area contributed by atoms with Gasteiger partial charge >= 0.3 is 0 Å². The lowest BCUT2D eigenvalue weighted by atomic mass is 10.0. The van der Waals surface area contributed by atoms with Crippen LogP contribution < -0.4 is 5.73 Å². The van der Waals surface area contributed by atoms with Crippen molar-refractivity contribution in [2.45, 2.75) is 25.8 Å². The highest BCUT2D eigenvalue weighted by Crippen LogP contribution is 2.59. The molecule has 1 aromatic carbocycles. The molecule has 92 valence electrons. The smallest absolute Gasteiger partial charge is 0.0233 e. The van der Waals surface area contributed by atoms with Crippen molar-refractivity contribution in [1.82, 2.24) is 4.90 Å². The van der Waals surface area contributed by atoms with E-state index in [2.05, 4.69) is 35.2 Å². The first-order valence-corrected chi connectivity index (χ1v) is 6.79. The maximum atomic E-state index is 5.66. The minimum Gasteiger partial charge on any atom is -0.330 e. The molecule has 2 heteroatoms. The Labute approximate surface area is 104 Å². The third kappa shape index (κ3) is 2.24. The van der Waals surface area contributed by atoms with Crippen LogP contribution >= 0.6 is 0 Å². The Balaban J connectivity index is 1.55. The molecule has 0 aromatic heterocycles. The molecule has 0 radical (unpaired) electrons. The van der Waals surface area contributed by atoms with Crippen LogP contribution in [0.5, 0.6) is 0 Å². The lowest BCUT2D eigenvalue weighted by Crippen LogP contribution is -2.21. The Kier molecular flexibility index (Phi) is 2.93. The molecule has 1 heterocycles. The highest BCUT2D eigenvalue weighted by atomic mass is 15.2. The molecule has 2 atom stereocenters. The van der Waals surface area contributed by atoms with E-state index in [4.69, 9.17) is 5.73 Å². The SMILES string of the molecule is NCCC1CC12CCN(Cc1ccccc1)C2. The summed E-state index contributed by atoms with van der Waals surface area (Å²) >= 11 is 0. The molecule has 1 aliphatic heterocycles. The predicted octanol–water partition coefficient (Wildman–Crippen LogP) is 2.25. The summed E-state index contributed by atoms with van der Waals surface area (Å²) in [6, 6.07) is 10.8. The van der Waals surface area contributed by atoms with Gasteiger partial charge < -0.3 is 5.73 Å². The van der Waals surface area contributed by atoms with E-state index in [-0.39, 0.29) is 0 Å². The zero-order chi connectivity index (χ0) is 11.7. The van der Waals surface area contributed by atoms with Crippen molar-refractivity contribution < 1.29 is 0 Å². The van der Waals surface area contributed by atoms with Gasteiger partial charge in [0.25, 0.3) is 0 Å². The first kappa shape index (κ1) is 11.2. The minimum atomic E-state index is 0.661. The fourth-order valence-electron chi connectivity index (χ4n) is 3.50. The summed E-state index contributed by atoms with van der Waals surface area (Å²) in [5.74, 6) is 0.924. The molecule has 2 nitrogen and oxygen atoms in total. The molecule has 17 heavy (non-hydrogen) atoms. The Morgan fingerprint density at radius 1 is 1.29 bits per heavy atom. The fraction of sp³-hybridized carbons (Fsp3) is 0.600. The molecule has 0 bridgehead atoms. The van der Waals surface area contributed by atoms with Crippen molar-refractivity contribution >= 4 is 0 Å². The topological polar surface area (TPSA) is 29.3 Å². The molecule has 1 spiro atoms. The number of nitrogens with zero attached hydrogens (tertiary/aromatic N) is 1. The number of benzene rings is 1.